The number of thioether (sulfide) groups is 1. The topological polar surface area (TPSA) is 63.1 Å². The van der Waals surface area contributed by atoms with E-state index in [2.05, 4.69) is 33.5 Å². The lowest BCUT2D eigenvalue weighted by Crippen LogP contribution is -2.27. The molecule has 0 spiro atoms. The molecule has 4 aromatic rings. The van der Waals surface area contributed by atoms with Crippen molar-refractivity contribution in [3.05, 3.63) is 102 Å². The number of nitrogens with zero attached hydrogens (tertiary/aromatic N) is 1. The second-order valence-electron chi connectivity index (χ2n) is 7.83. The summed E-state index contributed by atoms with van der Waals surface area (Å²) in [5.74, 6) is 0.297. The third-order valence-corrected chi connectivity index (χ3v) is 6.51. The third-order valence-electron chi connectivity index (χ3n) is 5.47. The van der Waals surface area contributed by atoms with E-state index in [-0.39, 0.29) is 11.8 Å². The molecule has 4 rings (SSSR count). The highest BCUT2D eigenvalue weighted by atomic mass is 32.2. The number of hydrogen-bond donors (Lipinski definition) is 2. The maximum absolute atomic E-state index is 12.5. The minimum absolute atomic E-state index is 0.00572. The fourth-order valence-corrected chi connectivity index (χ4v) is 4.64. The van der Waals surface area contributed by atoms with E-state index in [1.54, 1.807) is 0 Å². The number of aromatic nitrogens is 1. The number of carbonyl (C=O) groups is 2. The number of nitrogens with one attached hydrogen (secondary N) is 2. The molecule has 2 amide bonds. The first kappa shape index (κ1) is 22.7. The summed E-state index contributed by atoms with van der Waals surface area (Å²) in [7, 11) is 0. The van der Waals surface area contributed by atoms with E-state index in [9.17, 15) is 9.59 Å². The van der Waals surface area contributed by atoms with Crippen molar-refractivity contribution in [2.24, 2.45) is 0 Å². The van der Waals surface area contributed by atoms with Gasteiger partial charge in [-0.1, -0.05) is 66.7 Å². The van der Waals surface area contributed by atoms with E-state index in [0.717, 1.165) is 26.9 Å². The van der Waals surface area contributed by atoms with Crippen molar-refractivity contribution in [3.63, 3.8) is 0 Å². The maximum Gasteiger partial charge on any atom is 0.251 e. The van der Waals surface area contributed by atoms with Gasteiger partial charge >= 0.3 is 0 Å². The SMILES string of the molecule is Cc1ccccc1C(=O)NCCn1cc(SCC(=O)NCc2ccccc2)c2ccccc21. The largest absolute Gasteiger partial charge is 0.351 e. The van der Waals surface area contributed by atoms with Crippen LogP contribution < -0.4 is 10.6 Å². The molecule has 3 aromatic carbocycles. The number of carbonyl (C=O) groups excluding carboxylic acids is 2. The van der Waals surface area contributed by atoms with E-state index in [0.29, 0.717) is 31.0 Å². The van der Waals surface area contributed by atoms with Crippen LogP contribution in [0.4, 0.5) is 0 Å². The molecular weight excluding hydrogens is 430 g/mol. The van der Waals surface area contributed by atoms with Crippen LogP contribution in [0.3, 0.4) is 0 Å². The predicted octanol–water partition coefficient (Wildman–Crippen LogP) is 4.79. The zero-order chi connectivity index (χ0) is 23.0. The standard InChI is InChI=1S/C27H27N3O2S/c1-20-9-5-6-12-22(20)27(32)28-15-16-30-18-25(23-13-7-8-14-24(23)30)33-19-26(31)29-17-21-10-3-2-4-11-21/h2-14,18H,15-17,19H2,1H3,(H,28,32)(H,29,31). The molecule has 0 aliphatic heterocycles. The lowest BCUT2D eigenvalue weighted by Gasteiger charge is -2.09. The number of hydrogen-bond acceptors (Lipinski definition) is 3. The van der Waals surface area contributed by atoms with Crippen molar-refractivity contribution in [1.82, 2.24) is 15.2 Å². The van der Waals surface area contributed by atoms with Crippen LogP contribution in [0.2, 0.25) is 0 Å². The maximum atomic E-state index is 12.5. The first-order valence-corrected chi connectivity index (χ1v) is 12.0. The molecule has 5 nitrogen and oxygen atoms in total. The van der Waals surface area contributed by atoms with E-state index in [1.807, 2.05) is 73.7 Å². The molecule has 0 aliphatic rings. The lowest BCUT2D eigenvalue weighted by atomic mass is 10.1. The Balaban J connectivity index is 1.35. The number of fused-ring (bicyclic) bond motifs is 1. The monoisotopic (exact) mass is 457 g/mol. The summed E-state index contributed by atoms with van der Waals surface area (Å²) in [4.78, 5) is 25.9. The number of benzene rings is 3. The van der Waals surface area contributed by atoms with Crippen LogP contribution in [0, 0.1) is 6.92 Å². The molecule has 0 bridgehead atoms. The second kappa shape index (κ2) is 10.9. The summed E-state index contributed by atoms with van der Waals surface area (Å²) in [6.07, 6.45) is 2.07. The minimum Gasteiger partial charge on any atom is -0.351 e. The molecule has 0 fully saturated rings. The Bertz CT molecular complexity index is 1250. The van der Waals surface area contributed by atoms with Gasteiger partial charge in [0.25, 0.3) is 5.91 Å². The summed E-state index contributed by atoms with van der Waals surface area (Å²) in [5.41, 5.74) is 3.84. The summed E-state index contributed by atoms with van der Waals surface area (Å²) in [6, 6.07) is 25.6. The number of amides is 2. The first-order valence-electron chi connectivity index (χ1n) is 11.0. The van der Waals surface area contributed by atoms with Crippen LogP contribution in [0.25, 0.3) is 10.9 Å². The normalized spacial score (nSPS) is 10.8. The van der Waals surface area contributed by atoms with E-state index >= 15 is 0 Å². The lowest BCUT2D eigenvalue weighted by molar-refractivity contribution is -0.118. The van der Waals surface area contributed by atoms with E-state index in [4.69, 9.17) is 0 Å². The molecule has 1 aromatic heterocycles. The molecule has 0 saturated carbocycles. The molecule has 168 valence electrons. The van der Waals surface area contributed by atoms with Gasteiger partial charge in [-0.25, -0.2) is 0 Å². The van der Waals surface area contributed by atoms with Gasteiger partial charge in [-0.3, -0.25) is 9.59 Å². The van der Waals surface area contributed by atoms with Crippen molar-refractivity contribution >= 4 is 34.5 Å². The second-order valence-corrected chi connectivity index (χ2v) is 8.84. The highest BCUT2D eigenvalue weighted by Gasteiger charge is 2.12. The Morgan fingerprint density at radius 1 is 0.879 bits per heavy atom. The Morgan fingerprint density at radius 3 is 2.42 bits per heavy atom. The molecule has 1 heterocycles. The molecular formula is C27H27N3O2S. The van der Waals surface area contributed by atoms with Crippen molar-refractivity contribution in [3.8, 4) is 0 Å². The summed E-state index contributed by atoms with van der Waals surface area (Å²) in [6.45, 7) is 3.64. The summed E-state index contributed by atoms with van der Waals surface area (Å²) >= 11 is 1.53. The van der Waals surface area contributed by atoms with Crippen LogP contribution in [-0.4, -0.2) is 28.7 Å². The molecule has 6 heteroatoms. The van der Waals surface area contributed by atoms with E-state index < -0.39 is 0 Å². The highest BCUT2D eigenvalue weighted by molar-refractivity contribution is 8.00. The molecule has 0 atom stereocenters. The van der Waals surface area contributed by atoms with Gasteiger partial charge in [0.2, 0.25) is 5.91 Å². The third kappa shape index (κ3) is 5.84. The quantitative estimate of drug-likeness (QED) is 0.355. The van der Waals surface area contributed by atoms with Gasteiger partial charge in [-0.2, -0.15) is 0 Å². The molecule has 0 aliphatic carbocycles. The fraction of sp³-hybridized carbons (Fsp3) is 0.185. The molecule has 0 saturated heterocycles. The smallest absolute Gasteiger partial charge is 0.251 e. The van der Waals surface area contributed by atoms with Gasteiger partial charge in [-0.15, -0.1) is 11.8 Å². The predicted molar refractivity (Wildman–Crippen MR) is 134 cm³/mol. The Morgan fingerprint density at radius 2 is 1.61 bits per heavy atom. The average Bonchev–Trinajstić information content (AvgIpc) is 3.20. The molecule has 0 radical (unpaired) electrons. The van der Waals surface area contributed by atoms with Crippen molar-refractivity contribution in [2.45, 2.75) is 24.9 Å². The summed E-state index contributed by atoms with van der Waals surface area (Å²) in [5, 5.41) is 7.11. The zero-order valence-electron chi connectivity index (χ0n) is 18.6. The summed E-state index contributed by atoms with van der Waals surface area (Å²) < 4.78 is 2.14. The van der Waals surface area contributed by atoms with Crippen molar-refractivity contribution in [1.29, 1.82) is 0 Å². The Labute approximate surface area is 198 Å². The minimum atomic E-state index is -0.0609. The van der Waals surface area contributed by atoms with Gasteiger partial charge in [0.05, 0.1) is 5.75 Å². The van der Waals surface area contributed by atoms with Crippen LogP contribution in [0.5, 0.6) is 0 Å². The van der Waals surface area contributed by atoms with Crippen LogP contribution in [0.1, 0.15) is 21.5 Å². The van der Waals surface area contributed by atoms with Gasteiger partial charge in [0.15, 0.2) is 0 Å². The van der Waals surface area contributed by atoms with Gasteiger partial charge < -0.3 is 15.2 Å². The van der Waals surface area contributed by atoms with Crippen molar-refractivity contribution in [2.75, 3.05) is 12.3 Å². The Hall–Kier alpha value is -3.51. The Kier molecular flexibility index (Phi) is 7.47. The number of aryl methyl sites for hydroxylation is 1. The van der Waals surface area contributed by atoms with Crippen LogP contribution in [-0.2, 0) is 17.9 Å². The average molecular weight is 458 g/mol. The van der Waals surface area contributed by atoms with Crippen molar-refractivity contribution < 1.29 is 9.59 Å². The molecule has 2 N–H and O–H groups in total. The fourth-order valence-electron chi connectivity index (χ4n) is 3.72. The van der Waals surface area contributed by atoms with Crippen LogP contribution >= 0.6 is 11.8 Å². The molecule has 33 heavy (non-hydrogen) atoms. The first-order chi connectivity index (χ1) is 16.1. The highest BCUT2D eigenvalue weighted by Crippen LogP contribution is 2.29. The number of rotatable bonds is 9. The van der Waals surface area contributed by atoms with Gasteiger partial charge in [-0.05, 0) is 30.2 Å². The number of para-hydroxylation sites is 1. The van der Waals surface area contributed by atoms with Crippen LogP contribution in [0.15, 0.2) is 90.0 Å². The van der Waals surface area contributed by atoms with Gasteiger partial charge in [0, 0.05) is 47.2 Å². The molecule has 0 unspecified atom stereocenters. The zero-order valence-corrected chi connectivity index (χ0v) is 19.4. The van der Waals surface area contributed by atoms with Gasteiger partial charge in [0.1, 0.15) is 0 Å². The van der Waals surface area contributed by atoms with E-state index in [1.165, 1.54) is 11.8 Å².